The summed E-state index contributed by atoms with van der Waals surface area (Å²) in [6.07, 6.45) is 0. The smallest absolute Gasteiger partial charge is 0.0405 e. The highest BCUT2D eigenvalue weighted by molar-refractivity contribution is 5.62. The average Bonchev–Trinajstić information content (AvgIpc) is 2.42. The molecule has 1 aliphatic heterocycles. The van der Waals surface area contributed by atoms with Crippen molar-refractivity contribution in [2.45, 2.75) is 27.7 Å². The second-order valence-electron chi connectivity index (χ2n) is 5.65. The van der Waals surface area contributed by atoms with Gasteiger partial charge in [0.2, 0.25) is 0 Å². The Hall–Kier alpha value is -1.06. The Balaban J connectivity index is 1.95. The summed E-state index contributed by atoms with van der Waals surface area (Å²) in [5.74, 6) is 0. The van der Waals surface area contributed by atoms with Crippen LogP contribution in [0.1, 0.15) is 22.3 Å². The maximum absolute atomic E-state index is 3.65. The molecule has 1 aromatic carbocycles. The van der Waals surface area contributed by atoms with Gasteiger partial charge in [-0.05, 0) is 49.9 Å². The number of anilines is 1. The van der Waals surface area contributed by atoms with Crippen LogP contribution in [0.3, 0.4) is 0 Å². The molecular formula is C16H27N3. The molecule has 0 unspecified atom stereocenters. The molecule has 0 saturated carbocycles. The maximum atomic E-state index is 3.65. The van der Waals surface area contributed by atoms with Crippen LogP contribution in [0.5, 0.6) is 0 Å². The van der Waals surface area contributed by atoms with Crippen molar-refractivity contribution < 1.29 is 0 Å². The molecule has 3 heteroatoms. The van der Waals surface area contributed by atoms with Gasteiger partial charge in [-0.2, -0.15) is 0 Å². The van der Waals surface area contributed by atoms with Gasteiger partial charge in [-0.25, -0.2) is 0 Å². The fraction of sp³-hybridized carbons (Fsp3) is 0.625. The van der Waals surface area contributed by atoms with Crippen molar-refractivity contribution in [3.05, 3.63) is 28.3 Å². The molecule has 0 aromatic heterocycles. The van der Waals surface area contributed by atoms with Gasteiger partial charge in [0.1, 0.15) is 0 Å². The predicted octanol–water partition coefficient (Wildman–Crippen LogP) is 2.24. The van der Waals surface area contributed by atoms with Crippen LogP contribution in [0.15, 0.2) is 6.07 Å². The molecule has 0 amide bonds. The highest BCUT2D eigenvalue weighted by Gasteiger charge is 2.10. The zero-order chi connectivity index (χ0) is 13.8. The molecule has 106 valence electrons. The molecule has 2 N–H and O–H groups in total. The van der Waals surface area contributed by atoms with Gasteiger partial charge in [0.05, 0.1) is 0 Å². The van der Waals surface area contributed by atoms with Gasteiger partial charge >= 0.3 is 0 Å². The van der Waals surface area contributed by atoms with Crippen LogP contribution < -0.4 is 10.6 Å². The minimum Gasteiger partial charge on any atom is -0.383 e. The second-order valence-corrected chi connectivity index (χ2v) is 5.65. The first-order valence-corrected chi connectivity index (χ1v) is 7.34. The summed E-state index contributed by atoms with van der Waals surface area (Å²) < 4.78 is 0. The van der Waals surface area contributed by atoms with Gasteiger partial charge in [-0.3, -0.25) is 4.90 Å². The van der Waals surface area contributed by atoms with E-state index in [0.29, 0.717) is 0 Å². The number of nitrogens with zero attached hydrogens (tertiary/aromatic N) is 1. The van der Waals surface area contributed by atoms with Crippen molar-refractivity contribution in [2.75, 3.05) is 44.6 Å². The van der Waals surface area contributed by atoms with Crippen LogP contribution in [-0.4, -0.2) is 44.2 Å². The molecule has 3 nitrogen and oxygen atoms in total. The maximum Gasteiger partial charge on any atom is 0.0405 e. The minimum absolute atomic E-state index is 1.03. The van der Waals surface area contributed by atoms with E-state index in [1.165, 1.54) is 41.0 Å². The Morgan fingerprint density at radius 2 is 1.63 bits per heavy atom. The van der Waals surface area contributed by atoms with Gasteiger partial charge in [-0.1, -0.05) is 6.07 Å². The molecule has 1 heterocycles. The Kier molecular flexibility index (Phi) is 4.83. The molecule has 19 heavy (non-hydrogen) atoms. The van der Waals surface area contributed by atoms with Gasteiger partial charge in [0, 0.05) is 45.0 Å². The second kappa shape index (κ2) is 6.40. The van der Waals surface area contributed by atoms with E-state index in [4.69, 9.17) is 0 Å². The van der Waals surface area contributed by atoms with E-state index < -0.39 is 0 Å². The Labute approximate surface area is 117 Å². The third-order valence-corrected chi connectivity index (χ3v) is 4.31. The molecule has 1 saturated heterocycles. The van der Waals surface area contributed by atoms with Gasteiger partial charge in [0.15, 0.2) is 0 Å². The van der Waals surface area contributed by atoms with Crippen molar-refractivity contribution in [3.63, 3.8) is 0 Å². The van der Waals surface area contributed by atoms with Crippen LogP contribution in [0.2, 0.25) is 0 Å². The lowest BCUT2D eigenvalue weighted by Gasteiger charge is -2.27. The zero-order valence-electron chi connectivity index (χ0n) is 12.8. The van der Waals surface area contributed by atoms with Crippen LogP contribution in [0.25, 0.3) is 0 Å². The molecule has 1 fully saturated rings. The Morgan fingerprint density at radius 3 is 2.21 bits per heavy atom. The van der Waals surface area contributed by atoms with E-state index in [1.54, 1.807) is 0 Å². The number of aryl methyl sites for hydroxylation is 2. The van der Waals surface area contributed by atoms with E-state index in [9.17, 15) is 0 Å². The molecule has 0 spiro atoms. The number of piperazine rings is 1. The van der Waals surface area contributed by atoms with Gasteiger partial charge in [-0.15, -0.1) is 0 Å². The fourth-order valence-electron chi connectivity index (χ4n) is 2.76. The summed E-state index contributed by atoms with van der Waals surface area (Å²) in [5.41, 5.74) is 6.89. The van der Waals surface area contributed by atoms with Crippen molar-refractivity contribution in [1.29, 1.82) is 0 Å². The topological polar surface area (TPSA) is 27.3 Å². The van der Waals surface area contributed by atoms with E-state index in [0.717, 1.165) is 26.2 Å². The zero-order valence-corrected chi connectivity index (χ0v) is 12.8. The van der Waals surface area contributed by atoms with Crippen LogP contribution in [0, 0.1) is 27.7 Å². The summed E-state index contributed by atoms with van der Waals surface area (Å²) in [7, 11) is 0. The van der Waals surface area contributed by atoms with Crippen LogP contribution >= 0.6 is 0 Å². The SMILES string of the molecule is Cc1cc(C)c(C)c(NCCN2CCNCC2)c1C. The molecule has 0 radical (unpaired) electrons. The quantitative estimate of drug-likeness (QED) is 0.870. The van der Waals surface area contributed by atoms with Crippen molar-refractivity contribution >= 4 is 5.69 Å². The summed E-state index contributed by atoms with van der Waals surface area (Å²) in [5, 5.41) is 7.04. The molecule has 2 rings (SSSR count). The molecule has 0 atom stereocenters. The number of rotatable bonds is 4. The average molecular weight is 261 g/mol. The number of benzene rings is 1. The summed E-state index contributed by atoms with van der Waals surface area (Å²) in [4.78, 5) is 2.52. The monoisotopic (exact) mass is 261 g/mol. The number of hydrogen-bond donors (Lipinski definition) is 2. The van der Waals surface area contributed by atoms with Gasteiger partial charge < -0.3 is 10.6 Å². The predicted molar refractivity (Wildman–Crippen MR) is 83.2 cm³/mol. The van der Waals surface area contributed by atoms with E-state index in [2.05, 4.69) is 49.3 Å². The van der Waals surface area contributed by atoms with Crippen molar-refractivity contribution in [1.82, 2.24) is 10.2 Å². The lowest BCUT2D eigenvalue weighted by Crippen LogP contribution is -2.45. The lowest BCUT2D eigenvalue weighted by atomic mass is 9.99. The normalized spacial score (nSPS) is 16.6. The van der Waals surface area contributed by atoms with E-state index >= 15 is 0 Å². The molecule has 1 aromatic rings. The summed E-state index contributed by atoms with van der Waals surface area (Å²) in [6, 6.07) is 2.28. The van der Waals surface area contributed by atoms with Crippen molar-refractivity contribution in [2.24, 2.45) is 0 Å². The Bertz CT molecular complexity index is 408. The van der Waals surface area contributed by atoms with E-state index in [1.807, 2.05) is 0 Å². The highest BCUT2D eigenvalue weighted by atomic mass is 15.2. The summed E-state index contributed by atoms with van der Waals surface area (Å²) in [6.45, 7) is 15.6. The largest absolute Gasteiger partial charge is 0.383 e. The first-order valence-electron chi connectivity index (χ1n) is 7.34. The molecule has 0 aliphatic carbocycles. The highest BCUT2D eigenvalue weighted by Crippen LogP contribution is 2.26. The molecular weight excluding hydrogens is 234 g/mol. The third-order valence-electron chi connectivity index (χ3n) is 4.31. The lowest BCUT2D eigenvalue weighted by molar-refractivity contribution is 0.249. The first kappa shape index (κ1) is 14.4. The summed E-state index contributed by atoms with van der Waals surface area (Å²) >= 11 is 0. The van der Waals surface area contributed by atoms with Gasteiger partial charge in [0.25, 0.3) is 0 Å². The molecule has 1 aliphatic rings. The van der Waals surface area contributed by atoms with E-state index in [-0.39, 0.29) is 0 Å². The van der Waals surface area contributed by atoms with Crippen molar-refractivity contribution in [3.8, 4) is 0 Å². The minimum atomic E-state index is 1.03. The standard InChI is InChI=1S/C16H27N3/c1-12-11-13(2)15(4)16(14(12)3)18-7-10-19-8-5-17-6-9-19/h11,17-18H,5-10H2,1-4H3. The Morgan fingerprint density at radius 1 is 1.05 bits per heavy atom. The number of hydrogen-bond acceptors (Lipinski definition) is 3. The number of nitrogens with one attached hydrogen (secondary N) is 2. The third kappa shape index (κ3) is 3.48. The van der Waals surface area contributed by atoms with Crippen LogP contribution in [0.4, 0.5) is 5.69 Å². The fourth-order valence-corrected chi connectivity index (χ4v) is 2.76. The first-order chi connectivity index (χ1) is 9.09. The molecule has 0 bridgehead atoms. The van der Waals surface area contributed by atoms with Crippen LogP contribution in [-0.2, 0) is 0 Å².